The Balaban J connectivity index is 2.11. The van der Waals surface area contributed by atoms with Crippen molar-refractivity contribution in [3.63, 3.8) is 0 Å². The Morgan fingerprint density at radius 1 is 0.828 bits per heavy atom. The SMILES string of the molecule is CCOC(=O)/C=C/[C@@H](C)O[Si](c1ccccc1)(c1ccccc1)c1ccccc1. The van der Waals surface area contributed by atoms with E-state index >= 15 is 0 Å². The minimum absolute atomic E-state index is 0.272. The molecule has 0 fully saturated rings. The molecule has 0 aromatic heterocycles. The zero-order valence-corrected chi connectivity index (χ0v) is 17.8. The molecule has 1 atom stereocenters. The molecule has 0 heterocycles. The first-order chi connectivity index (χ1) is 14.2. The summed E-state index contributed by atoms with van der Waals surface area (Å²) >= 11 is 0. The van der Waals surface area contributed by atoms with Crippen LogP contribution in [0.4, 0.5) is 0 Å². The number of hydrogen-bond donors (Lipinski definition) is 0. The van der Waals surface area contributed by atoms with Crippen LogP contribution in [0, 0.1) is 0 Å². The molecule has 0 unspecified atom stereocenters. The number of benzene rings is 3. The number of carbonyl (C=O) groups excluding carboxylic acids is 1. The average Bonchev–Trinajstić information content (AvgIpc) is 2.78. The van der Waals surface area contributed by atoms with Crippen LogP contribution in [-0.2, 0) is 14.0 Å². The fraction of sp³-hybridized carbons (Fsp3) is 0.160. The first-order valence-corrected chi connectivity index (χ1v) is 11.8. The molecule has 0 radical (unpaired) electrons. The maximum atomic E-state index is 11.8. The molecular weight excluding hydrogens is 376 g/mol. The molecule has 0 aliphatic rings. The number of esters is 1. The molecule has 0 saturated carbocycles. The van der Waals surface area contributed by atoms with E-state index in [9.17, 15) is 4.79 Å². The lowest BCUT2D eigenvalue weighted by Crippen LogP contribution is -2.70. The van der Waals surface area contributed by atoms with Crippen molar-refractivity contribution in [2.45, 2.75) is 20.0 Å². The summed E-state index contributed by atoms with van der Waals surface area (Å²) in [5.74, 6) is -0.352. The molecule has 4 heteroatoms. The largest absolute Gasteiger partial charge is 0.463 e. The number of rotatable bonds is 8. The number of hydrogen-bond acceptors (Lipinski definition) is 3. The van der Waals surface area contributed by atoms with Gasteiger partial charge in [0.2, 0.25) is 0 Å². The third kappa shape index (κ3) is 4.91. The van der Waals surface area contributed by atoms with E-state index in [1.807, 2.05) is 61.5 Å². The van der Waals surface area contributed by atoms with Crippen LogP contribution in [0.3, 0.4) is 0 Å². The van der Waals surface area contributed by atoms with E-state index in [2.05, 4.69) is 36.4 Å². The van der Waals surface area contributed by atoms with E-state index in [1.165, 1.54) is 6.08 Å². The Hall–Kier alpha value is -2.95. The molecule has 3 aromatic carbocycles. The second-order valence-corrected chi connectivity index (χ2v) is 10.0. The van der Waals surface area contributed by atoms with E-state index in [0.29, 0.717) is 6.61 Å². The Morgan fingerprint density at radius 2 is 1.24 bits per heavy atom. The van der Waals surface area contributed by atoms with Crippen LogP contribution in [0.1, 0.15) is 13.8 Å². The van der Waals surface area contributed by atoms with Gasteiger partial charge in [0.25, 0.3) is 8.32 Å². The standard InChI is InChI=1S/C25H26O3Si/c1-3-27-25(26)20-19-21(2)28-29(22-13-7-4-8-14-22,23-15-9-5-10-16-23)24-17-11-6-12-18-24/h4-21H,3H2,1-2H3/b20-19+/t21-/m1/s1. The van der Waals surface area contributed by atoms with E-state index in [1.54, 1.807) is 13.0 Å². The Kier molecular flexibility index (Phi) is 7.17. The van der Waals surface area contributed by atoms with Crippen LogP contribution in [0.5, 0.6) is 0 Å². The fourth-order valence-corrected chi connectivity index (χ4v) is 7.48. The van der Waals surface area contributed by atoms with E-state index in [4.69, 9.17) is 9.16 Å². The average molecular weight is 403 g/mol. The van der Waals surface area contributed by atoms with Gasteiger partial charge in [0, 0.05) is 6.08 Å². The van der Waals surface area contributed by atoms with Crippen molar-refractivity contribution in [1.82, 2.24) is 0 Å². The highest BCUT2D eigenvalue weighted by Crippen LogP contribution is 2.13. The molecule has 3 aromatic rings. The van der Waals surface area contributed by atoms with Gasteiger partial charge in [-0.3, -0.25) is 0 Å². The van der Waals surface area contributed by atoms with Gasteiger partial charge in [-0.15, -0.1) is 0 Å². The lowest BCUT2D eigenvalue weighted by Gasteiger charge is -2.35. The predicted molar refractivity (Wildman–Crippen MR) is 120 cm³/mol. The molecule has 0 bridgehead atoms. The second-order valence-electron chi connectivity index (χ2n) is 6.71. The zero-order valence-electron chi connectivity index (χ0n) is 16.8. The van der Waals surface area contributed by atoms with Crippen molar-refractivity contribution in [2.24, 2.45) is 0 Å². The summed E-state index contributed by atoms with van der Waals surface area (Å²) in [7, 11) is -2.78. The highest BCUT2D eigenvalue weighted by atomic mass is 28.4. The molecule has 0 N–H and O–H groups in total. The van der Waals surface area contributed by atoms with Crippen molar-refractivity contribution < 1.29 is 14.0 Å². The molecule has 0 aliphatic heterocycles. The lowest BCUT2D eigenvalue weighted by atomic mass is 10.3. The summed E-state index contributed by atoms with van der Waals surface area (Å²) in [6, 6.07) is 31.1. The Bertz CT molecular complexity index is 827. The molecule has 3 nitrogen and oxygen atoms in total. The first-order valence-electron chi connectivity index (χ1n) is 9.86. The van der Waals surface area contributed by atoms with Crippen LogP contribution in [0.25, 0.3) is 0 Å². The lowest BCUT2D eigenvalue weighted by molar-refractivity contribution is -0.137. The van der Waals surface area contributed by atoms with Crippen molar-refractivity contribution in [2.75, 3.05) is 6.61 Å². The van der Waals surface area contributed by atoms with Crippen molar-refractivity contribution in [3.05, 3.63) is 103 Å². The van der Waals surface area contributed by atoms with Crippen molar-refractivity contribution in [1.29, 1.82) is 0 Å². The van der Waals surface area contributed by atoms with Gasteiger partial charge >= 0.3 is 5.97 Å². The molecule has 148 valence electrons. The van der Waals surface area contributed by atoms with Gasteiger partial charge in [-0.2, -0.15) is 0 Å². The van der Waals surface area contributed by atoms with E-state index < -0.39 is 8.32 Å². The summed E-state index contributed by atoms with van der Waals surface area (Å²) in [5, 5.41) is 3.48. The second kappa shape index (κ2) is 10.0. The molecular formula is C25H26O3Si. The van der Waals surface area contributed by atoms with Gasteiger partial charge in [-0.05, 0) is 29.4 Å². The van der Waals surface area contributed by atoms with E-state index in [-0.39, 0.29) is 12.1 Å². The van der Waals surface area contributed by atoms with Crippen molar-refractivity contribution in [3.8, 4) is 0 Å². The maximum Gasteiger partial charge on any atom is 0.330 e. The highest BCUT2D eigenvalue weighted by Gasteiger charge is 2.42. The van der Waals surface area contributed by atoms with Crippen LogP contribution >= 0.6 is 0 Å². The molecule has 29 heavy (non-hydrogen) atoms. The van der Waals surface area contributed by atoms with Gasteiger partial charge in [0.1, 0.15) is 0 Å². The minimum Gasteiger partial charge on any atom is -0.463 e. The smallest absolute Gasteiger partial charge is 0.330 e. The monoisotopic (exact) mass is 402 g/mol. The summed E-state index contributed by atoms with van der Waals surface area (Å²) in [4.78, 5) is 11.8. The highest BCUT2D eigenvalue weighted by molar-refractivity contribution is 7.07. The number of ether oxygens (including phenoxy) is 1. The van der Waals surface area contributed by atoms with Crippen LogP contribution < -0.4 is 15.6 Å². The van der Waals surface area contributed by atoms with Crippen LogP contribution in [0.15, 0.2) is 103 Å². The minimum atomic E-state index is -2.78. The number of carbonyl (C=O) groups is 1. The van der Waals surface area contributed by atoms with Gasteiger partial charge in [0.15, 0.2) is 0 Å². The zero-order chi connectivity index (χ0) is 20.5. The van der Waals surface area contributed by atoms with Crippen molar-refractivity contribution >= 4 is 29.8 Å². The Labute approximate surface area is 173 Å². The van der Waals surface area contributed by atoms with Crippen LogP contribution in [-0.4, -0.2) is 27.0 Å². The molecule has 0 aliphatic carbocycles. The molecule has 0 spiro atoms. The predicted octanol–water partition coefficient (Wildman–Crippen LogP) is 3.18. The van der Waals surface area contributed by atoms with Crippen LogP contribution in [0.2, 0.25) is 0 Å². The van der Waals surface area contributed by atoms with Gasteiger partial charge in [0.05, 0.1) is 12.7 Å². The quantitative estimate of drug-likeness (QED) is 0.251. The fourth-order valence-electron chi connectivity index (χ4n) is 3.45. The summed E-state index contributed by atoms with van der Waals surface area (Å²) in [6.07, 6.45) is 2.95. The maximum absolute atomic E-state index is 11.8. The molecule has 0 saturated heterocycles. The molecule has 3 rings (SSSR count). The van der Waals surface area contributed by atoms with E-state index in [0.717, 1.165) is 15.6 Å². The Morgan fingerprint density at radius 3 is 1.62 bits per heavy atom. The summed E-state index contributed by atoms with van der Waals surface area (Å²) in [6.45, 7) is 4.12. The summed E-state index contributed by atoms with van der Waals surface area (Å²) in [5.41, 5.74) is 0. The first kappa shape index (κ1) is 20.8. The van der Waals surface area contributed by atoms with Gasteiger partial charge < -0.3 is 9.16 Å². The van der Waals surface area contributed by atoms with Gasteiger partial charge in [-0.1, -0.05) is 97.1 Å². The van der Waals surface area contributed by atoms with Gasteiger partial charge in [-0.25, -0.2) is 4.79 Å². The third-order valence-electron chi connectivity index (χ3n) is 4.69. The topological polar surface area (TPSA) is 35.5 Å². The summed E-state index contributed by atoms with van der Waals surface area (Å²) < 4.78 is 11.9. The molecule has 0 amide bonds. The normalized spacial score (nSPS) is 12.6. The third-order valence-corrected chi connectivity index (χ3v) is 8.86.